The van der Waals surface area contributed by atoms with E-state index in [1.807, 2.05) is 42.5 Å². The number of piperidine rings is 1. The first-order valence-corrected chi connectivity index (χ1v) is 10.2. The van der Waals surface area contributed by atoms with Gasteiger partial charge >= 0.3 is 10.1 Å². The Morgan fingerprint density at radius 3 is 2.84 bits per heavy atom. The molecule has 0 bridgehead atoms. The summed E-state index contributed by atoms with van der Waals surface area (Å²) < 4.78 is 35.8. The van der Waals surface area contributed by atoms with Gasteiger partial charge in [-0.05, 0) is 43.1 Å². The summed E-state index contributed by atoms with van der Waals surface area (Å²) in [7, 11) is -3.63. The summed E-state index contributed by atoms with van der Waals surface area (Å²) in [6, 6.07) is 14.9. The van der Waals surface area contributed by atoms with E-state index < -0.39 is 10.1 Å². The molecule has 2 aromatic carbocycles. The fourth-order valence-corrected chi connectivity index (χ4v) is 4.49. The minimum absolute atomic E-state index is 0.0411. The number of rotatable bonds is 5. The van der Waals surface area contributed by atoms with Crippen LogP contribution in [0.1, 0.15) is 23.5 Å². The summed E-state index contributed by atoms with van der Waals surface area (Å²) in [4.78, 5) is 0. The molecule has 0 radical (unpaired) electrons. The molecular weight excluding hydrogens is 338 g/mol. The Morgan fingerprint density at radius 2 is 2.00 bits per heavy atom. The van der Waals surface area contributed by atoms with Crippen LogP contribution in [0.2, 0.25) is 0 Å². The molecule has 25 heavy (non-hydrogen) atoms. The first-order chi connectivity index (χ1) is 12.1. The molecule has 0 spiro atoms. The van der Waals surface area contributed by atoms with Crippen LogP contribution in [0.5, 0.6) is 11.5 Å². The molecule has 2 aliphatic heterocycles. The third-order valence-corrected chi connectivity index (χ3v) is 5.94. The Labute approximate surface area is 148 Å². The second-order valence-corrected chi connectivity index (χ2v) is 8.23. The molecule has 4 rings (SSSR count). The molecule has 6 heteroatoms. The topological polar surface area (TPSA) is 64.6 Å². The van der Waals surface area contributed by atoms with Crippen LogP contribution in [-0.4, -0.2) is 33.4 Å². The number of benzene rings is 2. The SMILES string of the molecule is O=S(=O)(CCc1ccccc1)Oc1ccc2c(c1)C1CCNCC1O2. The fraction of sp³-hybridized carbons (Fsp3) is 0.368. The van der Waals surface area contributed by atoms with E-state index >= 15 is 0 Å². The minimum Gasteiger partial charge on any atom is -0.488 e. The summed E-state index contributed by atoms with van der Waals surface area (Å²) in [5.74, 6) is 1.48. The molecule has 5 nitrogen and oxygen atoms in total. The zero-order valence-corrected chi connectivity index (χ0v) is 14.7. The van der Waals surface area contributed by atoms with Crippen LogP contribution in [0.4, 0.5) is 0 Å². The lowest BCUT2D eigenvalue weighted by molar-refractivity contribution is 0.177. The second-order valence-electron chi connectivity index (χ2n) is 6.54. The maximum atomic E-state index is 12.3. The lowest BCUT2D eigenvalue weighted by Crippen LogP contribution is -2.39. The molecule has 2 heterocycles. The molecule has 0 aliphatic carbocycles. The predicted molar refractivity (Wildman–Crippen MR) is 95.6 cm³/mol. The van der Waals surface area contributed by atoms with Crippen molar-refractivity contribution in [3.8, 4) is 11.5 Å². The van der Waals surface area contributed by atoms with E-state index in [-0.39, 0.29) is 11.9 Å². The Morgan fingerprint density at radius 1 is 1.16 bits per heavy atom. The molecule has 2 aromatic rings. The van der Waals surface area contributed by atoms with Crippen molar-refractivity contribution in [1.29, 1.82) is 0 Å². The van der Waals surface area contributed by atoms with E-state index in [1.54, 1.807) is 6.07 Å². The highest BCUT2D eigenvalue weighted by molar-refractivity contribution is 7.87. The van der Waals surface area contributed by atoms with Crippen molar-refractivity contribution < 1.29 is 17.3 Å². The van der Waals surface area contributed by atoms with Gasteiger partial charge < -0.3 is 14.2 Å². The van der Waals surface area contributed by atoms with Gasteiger partial charge in [0.25, 0.3) is 0 Å². The van der Waals surface area contributed by atoms with E-state index in [0.29, 0.717) is 18.1 Å². The molecule has 2 aliphatic rings. The summed E-state index contributed by atoms with van der Waals surface area (Å²) in [6.45, 7) is 1.77. The Balaban J connectivity index is 1.46. The van der Waals surface area contributed by atoms with Crippen LogP contribution < -0.4 is 14.2 Å². The quantitative estimate of drug-likeness (QED) is 0.831. The standard InChI is InChI=1S/C19H21NO4S/c21-25(22,11-9-14-4-2-1-3-5-14)24-15-6-7-18-17(12-15)16-8-10-20-13-19(16)23-18/h1-7,12,16,19-20H,8-11,13H2. The van der Waals surface area contributed by atoms with E-state index in [1.165, 1.54) is 0 Å². The lowest BCUT2D eigenvalue weighted by atomic mass is 9.90. The van der Waals surface area contributed by atoms with Crippen LogP contribution in [0.3, 0.4) is 0 Å². The number of hydrogen-bond acceptors (Lipinski definition) is 5. The number of hydrogen-bond donors (Lipinski definition) is 1. The zero-order valence-electron chi connectivity index (χ0n) is 13.9. The number of ether oxygens (including phenoxy) is 1. The van der Waals surface area contributed by atoms with Crippen molar-refractivity contribution in [2.45, 2.75) is 24.9 Å². The monoisotopic (exact) mass is 359 g/mol. The predicted octanol–water partition coefficient (Wildman–Crippen LogP) is 2.48. The Bertz CT molecular complexity index is 851. The highest BCUT2D eigenvalue weighted by atomic mass is 32.2. The van der Waals surface area contributed by atoms with Gasteiger partial charge in [0.15, 0.2) is 0 Å². The normalized spacial score (nSPS) is 21.9. The summed E-state index contributed by atoms with van der Waals surface area (Å²) in [5, 5.41) is 3.32. The second kappa shape index (κ2) is 6.69. The van der Waals surface area contributed by atoms with Gasteiger partial charge in [0, 0.05) is 18.0 Å². The number of aryl methyl sites for hydroxylation is 1. The highest BCUT2D eigenvalue weighted by Crippen LogP contribution is 2.43. The molecule has 132 valence electrons. The summed E-state index contributed by atoms with van der Waals surface area (Å²) >= 11 is 0. The van der Waals surface area contributed by atoms with Gasteiger partial charge in [0.05, 0.1) is 5.75 Å². The van der Waals surface area contributed by atoms with Gasteiger partial charge in [-0.2, -0.15) is 8.42 Å². The average molecular weight is 359 g/mol. The van der Waals surface area contributed by atoms with Gasteiger partial charge in [-0.25, -0.2) is 0 Å². The highest BCUT2D eigenvalue weighted by Gasteiger charge is 2.36. The smallest absolute Gasteiger partial charge is 0.309 e. The van der Waals surface area contributed by atoms with Crippen LogP contribution in [0.15, 0.2) is 48.5 Å². The molecule has 0 aromatic heterocycles. The molecule has 1 N–H and O–H groups in total. The van der Waals surface area contributed by atoms with Crippen molar-refractivity contribution >= 4 is 10.1 Å². The first-order valence-electron chi connectivity index (χ1n) is 8.58. The average Bonchev–Trinajstić information content (AvgIpc) is 2.99. The van der Waals surface area contributed by atoms with Gasteiger partial charge in [0.2, 0.25) is 0 Å². The zero-order chi connectivity index (χ0) is 17.3. The molecule has 1 saturated heterocycles. The van der Waals surface area contributed by atoms with Gasteiger partial charge in [-0.15, -0.1) is 0 Å². The summed E-state index contributed by atoms with van der Waals surface area (Å²) in [6.07, 6.45) is 1.56. The fourth-order valence-electron chi connectivity index (χ4n) is 3.52. The first kappa shape index (κ1) is 16.4. The van der Waals surface area contributed by atoms with Crippen molar-refractivity contribution in [2.75, 3.05) is 18.8 Å². The largest absolute Gasteiger partial charge is 0.488 e. The van der Waals surface area contributed by atoms with Gasteiger partial charge in [-0.3, -0.25) is 0 Å². The summed E-state index contributed by atoms with van der Waals surface area (Å²) in [5.41, 5.74) is 2.04. The van der Waals surface area contributed by atoms with E-state index in [4.69, 9.17) is 8.92 Å². The minimum atomic E-state index is -3.63. The van der Waals surface area contributed by atoms with Crippen molar-refractivity contribution in [2.24, 2.45) is 0 Å². The molecule has 1 fully saturated rings. The molecule has 0 saturated carbocycles. The molecule has 0 amide bonds. The number of nitrogens with one attached hydrogen (secondary N) is 1. The molecular formula is C19H21NO4S. The van der Waals surface area contributed by atoms with E-state index in [2.05, 4.69) is 5.32 Å². The third kappa shape index (κ3) is 3.65. The van der Waals surface area contributed by atoms with Crippen molar-refractivity contribution in [3.05, 3.63) is 59.7 Å². The van der Waals surface area contributed by atoms with Gasteiger partial charge in [-0.1, -0.05) is 30.3 Å². The van der Waals surface area contributed by atoms with Crippen molar-refractivity contribution in [1.82, 2.24) is 5.32 Å². The van der Waals surface area contributed by atoms with Crippen LogP contribution in [-0.2, 0) is 16.5 Å². The molecule has 2 unspecified atom stereocenters. The number of fused-ring (bicyclic) bond motifs is 3. The van der Waals surface area contributed by atoms with Crippen LogP contribution in [0.25, 0.3) is 0 Å². The van der Waals surface area contributed by atoms with E-state index in [9.17, 15) is 8.42 Å². The van der Waals surface area contributed by atoms with Gasteiger partial charge in [0.1, 0.15) is 17.6 Å². The molecule has 2 atom stereocenters. The van der Waals surface area contributed by atoms with Crippen LogP contribution in [0, 0.1) is 0 Å². The maximum Gasteiger partial charge on any atom is 0.309 e. The van der Waals surface area contributed by atoms with E-state index in [0.717, 1.165) is 36.4 Å². The van der Waals surface area contributed by atoms with Crippen LogP contribution >= 0.6 is 0 Å². The Kier molecular flexibility index (Phi) is 4.39. The maximum absolute atomic E-state index is 12.3. The lowest BCUT2D eigenvalue weighted by Gasteiger charge is -2.24. The third-order valence-electron chi connectivity index (χ3n) is 4.79. The van der Waals surface area contributed by atoms with Crippen molar-refractivity contribution in [3.63, 3.8) is 0 Å². The Hall–Kier alpha value is -2.05.